The summed E-state index contributed by atoms with van der Waals surface area (Å²) < 4.78 is 0. The fourth-order valence-electron chi connectivity index (χ4n) is 2.79. The van der Waals surface area contributed by atoms with Crippen LogP contribution in [0.3, 0.4) is 0 Å². The summed E-state index contributed by atoms with van der Waals surface area (Å²) in [4.78, 5) is 37.6. The van der Waals surface area contributed by atoms with Crippen LogP contribution in [0, 0.1) is 0 Å². The highest BCUT2D eigenvalue weighted by Gasteiger charge is 2.18. The number of hydrogen-bond acceptors (Lipinski definition) is 3. The molecule has 0 aliphatic carbocycles. The van der Waals surface area contributed by atoms with E-state index >= 15 is 0 Å². The number of rotatable bonds is 5. The van der Waals surface area contributed by atoms with Crippen molar-refractivity contribution in [3.63, 3.8) is 0 Å². The standard InChI is InChI=1S/C20H15Cl2N3O4/c1-10(26)23-12-2-4-13(5-3-12)24-17(27)7-6-14-18-15(22)8-11(21)9-16(18)25-19(14)20(28)29/h2-9,25H,1H3,(H,23,26)(H,24,27)(H,28,29)/b7-6+. The second-order valence-electron chi connectivity index (χ2n) is 6.11. The Hall–Kier alpha value is -3.29. The van der Waals surface area contributed by atoms with E-state index in [1.165, 1.54) is 25.1 Å². The van der Waals surface area contributed by atoms with Gasteiger partial charge >= 0.3 is 5.97 Å². The van der Waals surface area contributed by atoms with Crippen molar-refractivity contribution in [2.45, 2.75) is 6.92 Å². The van der Waals surface area contributed by atoms with E-state index in [0.29, 0.717) is 27.3 Å². The molecule has 0 unspecified atom stereocenters. The Kier molecular flexibility index (Phi) is 5.91. The smallest absolute Gasteiger partial charge is 0.352 e. The minimum Gasteiger partial charge on any atom is -0.477 e. The highest BCUT2D eigenvalue weighted by molar-refractivity contribution is 6.39. The number of halogens is 2. The summed E-state index contributed by atoms with van der Waals surface area (Å²) in [6.07, 6.45) is 2.59. The Morgan fingerprint density at radius 3 is 2.24 bits per heavy atom. The molecule has 0 aliphatic rings. The summed E-state index contributed by atoms with van der Waals surface area (Å²) in [5.41, 5.74) is 1.73. The first-order chi connectivity index (χ1) is 13.7. The number of aromatic amines is 1. The Morgan fingerprint density at radius 2 is 1.66 bits per heavy atom. The summed E-state index contributed by atoms with van der Waals surface area (Å²) in [7, 11) is 0. The number of carbonyl (C=O) groups is 3. The van der Waals surface area contributed by atoms with Crippen LogP contribution in [0.5, 0.6) is 0 Å². The third-order valence-electron chi connectivity index (χ3n) is 3.94. The van der Waals surface area contributed by atoms with E-state index in [1.807, 2.05) is 0 Å². The highest BCUT2D eigenvalue weighted by Crippen LogP contribution is 2.33. The molecule has 1 heterocycles. The van der Waals surface area contributed by atoms with Crippen molar-refractivity contribution < 1.29 is 19.5 Å². The lowest BCUT2D eigenvalue weighted by Crippen LogP contribution is -2.09. The monoisotopic (exact) mass is 431 g/mol. The van der Waals surface area contributed by atoms with Crippen LogP contribution in [0.1, 0.15) is 23.0 Å². The molecule has 3 rings (SSSR count). The molecule has 0 fully saturated rings. The van der Waals surface area contributed by atoms with Crippen molar-refractivity contribution >= 4 is 69.3 Å². The van der Waals surface area contributed by atoms with Gasteiger partial charge in [0.15, 0.2) is 0 Å². The van der Waals surface area contributed by atoms with Crippen molar-refractivity contribution in [2.24, 2.45) is 0 Å². The molecule has 4 N–H and O–H groups in total. The lowest BCUT2D eigenvalue weighted by Gasteiger charge is -2.05. The highest BCUT2D eigenvalue weighted by atomic mass is 35.5. The molecule has 3 aromatic rings. The Morgan fingerprint density at radius 1 is 1.03 bits per heavy atom. The zero-order valence-electron chi connectivity index (χ0n) is 15.0. The molecular weight excluding hydrogens is 417 g/mol. The van der Waals surface area contributed by atoms with Gasteiger partial charge in [-0.1, -0.05) is 23.2 Å². The molecular formula is C20H15Cl2N3O4. The van der Waals surface area contributed by atoms with Crippen molar-refractivity contribution in [1.82, 2.24) is 4.98 Å². The SMILES string of the molecule is CC(=O)Nc1ccc(NC(=O)/C=C/c2c(C(=O)O)[nH]c3cc(Cl)cc(Cl)c23)cc1. The van der Waals surface area contributed by atoms with Crippen LogP contribution in [-0.4, -0.2) is 27.9 Å². The Balaban J connectivity index is 1.84. The molecule has 0 bridgehead atoms. The van der Waals surface area contributed by atoms with E-state index < -0.39 is 11.9 Å². The van der Waals surface area contributed by atoms with Crippen molar-refractivity contribution in [1.29, 1.82) is 0 Å². The topological polar surface area (TPSA) is 111 Å². The van der Waals surface area contributed by atoms with Gasteiger partial charge in [-0.2, -0.15) is 0 Å². The molecule has 1 aromatic heterocycles. The van der Waals surface area contributed by atoms with E-state index in [0.717, 1.165) is 0 Å². The van der Waals surface area contributed by atoms with Gasteiger partial charge in [-0.3, -0.25) is 9.59 Å². The van der Waals surface area contributed by atoms with Crippen LogP contribution >= 0.6 is 23.2 Å². The number of carboxylic acids is 1. The largest absolute Gasteiger partial charge is 0.477 e. The van der Waals surface area contributed by atoms with E-state index in [1.54, 1.807) is 30.3 Å². The minimum absolute atomic E-state index is 0.104. The van der Waals surface area contributed by atoms with Crippen LogP contribution in [0.15, 0.2) is 42.5 Å². The van der Waals surface area contributed by atoms with Gasteiger partial charge in [-0.05, 0) is 42.5 Å². The summed E-state index contributed by atoms with van der Waals surface area (Å²) in [5, 5.41) is 15.8. The number of anilines is 2. The zero-order chi connectivity index (χ0) is 21.1. The molecule has 2 aromatic carbocycles. The zero-order valence-corrected chi connectivity index (χ0v) is 16.6. The van der Waals surface area contributed by atoms with E-state index in [4.69, 9.17) is 23.2 Å². The van der Waals surface area contributed by atoms with Gasteiger partial charge in [0.2, 0.25) is 11.8 Å². The van der Waals surface area contributed by atoms with Gasteiger partial charge in [0.1, 0.15) is 5.69 Å². The van der Waals surface area contributed by atoms with Gasteiger partial charge in [-0.25, -0.2) is 4.79 Å². The number of carboxylic acid groups (broad SMARTS) is 1. The number of amides is 2. The van der Waals surface area contributed by atoms with Crippen molar-refractivity contribution in [3.8, 4) is 0 Å². The van der Waals surface area contributed by atoms with Crippen LogP contribution in [0.25, 0.3) is 17.0 Å². The van der Waals surface area contributed by atoms with Crippen LogP contribution < -0.4 is 10.6 Å². The predicted octanol–water partition coefficient (Wildman–Crippen LogP) is 4.78. The minimum atomic E-state index is -1.19. The van der Waals surface area contributed by atoms with Crippen LogP contribution in [0.4, 0.5) is 11.4 Å². The summed E-state index contributed by atoms with van der Waals surface area (Å²) in [6, 6.07) is 9.61. The second kappa shape index (κ2) is 8.38. The Labute approximate surface area is 175 Å². The molecule has 7 nitrogen and oxygen atoms in total. The molecule has 0 saturated carbocycles. The number of aromatic carboxylic acids is 1. The average Bonchev–Trinajstić information content (AvgIpc) is 3.00. The molecule has 2 amide bonds. The van der Waals surface area contributed by atoms with Gasteiger partial charge in [0.05, 0.1) is 5.02 Å². The first kappa shape index (κ1) is 20.4. The number of hydrogen-bond donors (Lipinski definition) is 4. The van der Waals surface area contributed by atoms with Gasteiger partial charge in [-0.15, -0.1) is 0 Å². The van der Waals surface area contributed by atoms with Gasteiger partial charge in [0.25, 0.3) is 0 Å². The normalized spacial score (nSPS) is 11.0. The van der Waals surface area contributed by atoms with E-state index in [9.17, 15) is 19.5 Å². The molecule has 0 radical (unpaired) electrons. The van der Waals surface area contributed by atoms with E-state index in [-0.39, 0.29) is 22.2 Å². The molecule has 0 aliphatic heterocycles. The van der Waals surface area contributed by atoms with E-state index in [2.05, 4.69) is 15.6 Å². The predicted molar refractivity (Wildman–Crippen MR) is 114 cm³/mol. The van der Waals surface area contributed by atoms with Crippen LogP contribution in [-0.2, 0) is 9.59 Å². The van der Waals surface area contributed by atoms with Gasteiger partial charge < -0.3 is 20.7 Å². The quantitative estimate of drug-likeness (QED) is 0.435. The number of fused-ring (bicyclic) bond motifs is 1. The molecule has 0 saturated heterocycles. The summed E-state index contributed by atoms with van der Waals surface area (Å²) in [6.45, 7) is 1.40. The average molecular weight is 432 g/mol. The maximum Gasteiger partial charge on any atom is 0.352 e. The molecule has 148 valence electrons. The maximum atomic E-state index is 12.2. The maximum absolute atomic E-state index is 12.2. The first-order valence-electron chi connectivity index (χ1n) is 8.35. The third-order valence-corrected chi connectivity index (χ3v) is 4.46. The number of aromatic nitrogens is 1. The summed E-state index contributed by atoms with van der Waals surface area (Å²) in [5.74, 6) is -1.85. The lowest BCUT2D eigenvalue weighted by atomic mass is 10.1. The fraction of sp³-hybridized carbons (Fsp3) is 0.0500. The number of benzene rings is 2. The van der Waals surface area contributed by atoms with Crippen LogP contribution in [0.2, 0.25) is 10.0 Å². The number of nitrogens with one attached hydrogen (secondary N) is 3. The third kappa shape index (κ3) is 4.77. The van der Waals surface area contributed by atoms with Crippen molar-refractivity contribution in [2.75, 3.05) is 10.6 Å². The molecule has 9 heteroatoms. The van der Waals surface area contributed by atoms with Gasteiger partial charge in [0, 0.05) is 45.9 Å². The number of H-pyrrole nitrogens is 1. The molecule has 0 spiro atoms. The number of carbonyl (C=O) groups excluding carboxylic acids is 2. The van der Waals surface area contributed by atoms with Crippen molar-refractivity contribution in [3.05, 3.63) is 63.8 Å². The Bertz CT molecular complexity index is 1150. The summed E-state index contributed by atoms with van der Waals surface area (Å²) >= 11 is 12.2. The fourth-order valence-corrected chi connectivity index (χ4v) is 3.39. The molecule has 29 heavy (non-hydrogen) atoms. The molecule has 0 atom stereocenters. The first-order valence-corrected chi connectivity index (χ1v) is 9.11. The second-order valence-corrected chi connectivity index (χ2v) is 6.95. The lowest BCUT2D eigenvalue weighted by molar-refractivity contribution is -0.114.